The highest BCUT2D eigenvalue weighted by molar-refractivity contribution is 5.64. The number of nitro groups is 1. The minimum absolute atomic E-state index is 0.00642. The number of nitrogens with one attached hydrogen (secondary N) is 1. The molecule has 1 rings (SSSR count). The van der Waals surface area contributed by atoms with Crippen LogP contribution in [-0.2, 0) is 9.47 Å². The molecule has 0 bridgehead atoms. The second kappa shape index (κ2) is 7.55. The van der Waals surface area contributed by atoms with Gasteiger partial charge in [-0.05, 0) is 6.07 Å². The van der Waals surface area contributed by atoms with E-state index in [0.29, 0.717) is 24.6 Å². The third-order valence-corrected chi connectivity index (χ3v) is 2.61. The quantitative estimate of drug-likeness (QED) is 0.571. The number of hydrogen-bond acceptors (Lipinski definition) is 6. The summed E-state index contributed by atoms with van der Waals surface area (Å²) in [5.41, 5.74) is 0.385. The van der Waals surface area contributed by atoms with Crippen molar-refractivity contribution in [3.63, 3.8) is 0 Å². The Kier molecular flexibility index (Phi) is 6.04. The van der Waals surface area contributed by atoms with Crippen molar-refractivity contribution in [3.05, 3.63) is 28.3 Å². The molecule has 0 aromatic heterocycles. The molecule has 7 nitrogen and oxygen atoms in total. The summed E-state index contributed by atoms with van der Waals surface area (Å²) in [5.74, 6) is 0.550. The number of nitro benzene ring substituents is 1. The predicted molar refractivity (Wildman–Crippen MR) is 70.8 cm³/mol. The Balaban J connectivity index is 2.82. The summed E-state index contributed by atoms with van der Waals surface area (Å²) in [6, 6.07) is 4.53. The van der Waals surface area contributed by atoms with Gasteiger partial charge in [0.1, 0.15) is 11.4 Å². The molecule has 0 aliphatic carbocycles. The molecule has 0 amide bonds. The lowest BCUT2D eigenvalue weighted by molar-refractivity contribution is -0.384. The summed E-state index contributed by atoms with van der Waals surface area (Å²) >= 11 is 0. The maximum absolute atomic E-state index is 10.9. The molecule has 1 aromatic carbocycles. The number of nitrogens with zero attached hydrogens (tertiary/aromatic N) is 1. The monoisotopic (exact) mass is 270 g/mol. The van der Waals surface area contributed by atoms with Crippen molar-refractivity contribution in [1.82, 2.24) is 0 Å². The molecule has 7 heteroatoms. The van der Waals surface area contributed by atoms with E-state index in [0.717, 1.165) is 0 Å². The molecule has 0 heterocycles. The van der Waals surface area contributed by atoms with E-state index in [1.54, 1.807) is 26.4 Å². The molecular formula is C12H18N2O5. The number of ether oxygens (including phenoxy) is 3. The topological polar surface area (TPSA) is 82.9 Å². The van der Waals surface area contributed by atoms with Crippen molar-refractivity contribution in [3.8, 4) is 5.75 Å². The second-order valence-corrected chi connectivity index (χ2v) is 3.83. The van der Waals surface area contributed by atoms with E-state index in [-0.39, 0.29) is 11.8 Å². The van der Waals surface area contributed by atoms with E-state index in [1.165, 1.54) is 13.2 Å². The molecule has 0 saturated carbocycles. The standard InChI is InChI=1S/C12H18N2O5/c1-17-8-10(19-3)7-13-11-6-9(18-2)4-5-12(11)14(15)16/h4-6,10,13H,7-8H2,1-3H3. The van der Waals surface area contributed by atoms with Crippen LogP contribution >= 0.6 is 0 Å². The van der Waals surface area contributed by atoms with Crippen molar-refractivity contribution in [2.24, 2.45) is 0 Å². The molecule has 0 spiro atoms. The zero-order chi connectivity index (χ0) is 14.3. The highest BCUT2D eigenvalue weighted by Gasteiger charge is 2.16. The first-order chi connectivity index (χ1) is 9.12. The maximum Gasteiger partial charge on any atom is 0.292 e. The normalized spacial score (nSPS) is 11.9. The average Bonchev–Trinajstić information content (AvgIpc) is 2.42. The van der Waals surface area contributed by atoms with Crippen molar-refractivity contribution < 1.29 is 19.1 Å². The predicted octanol–water partition coefficient (Wildman–Crippen LogP) is 1.68. The number of hydrogen-bond donors (Lipinski definition) is 1. The Morgan fingerprint density at radius 3 is 2.63 bits per heavy atom. The first-order valence-electron chi connectivity index (χ1n) is 5.70. The summed E-state index contributed by atoms with van der Waals surface area (Å²) in [6.07, 6.45) is -0.184. The van der Waals surface area contributed by atoms with Gasteiger partial charge >= 0.3 is 0 Å². The third kappa shape index (κ3) is 4.38. The molecule has 0 aliphatic rings. The summed E-state index contributed by atoms with van der Waals surface area (Å²) in [5, 5.41) is 13.9. The van der Waals surface area contributed by atoms with Gasteiger partial charge in [-0.25, -0.2) is 0 Å². The Bertz CT molecular complexity index is 425. The van der Waals surface area contributed by atoms with E-state index in [1.807, 2.05) is 0 Å². The molecule has 1 unspecified atom stereocenters. The van der Waals surface area contributed by atoms with Crippen LogP contribution in [0.25, 0.3) is 0 Å². The van der Waals surface area contributed by atoms with Crippen LogP contribution in [0, 0.1) is 10.1 Å². The SMILES string of the molecule is COCC(CNc1cc(OC)ccc1[N+](=O)[O-])OC. The molecule has 0 saturated heterocycles. The van der Waals surface area contributed by atoms with Crippen LogP contribution in [0.15, 0.2) is 18.2 Å². The largest absolute Gasteiger partial charge is 0.497 e. The van der Waals surface area contributed by atoms with Crippen LogP contribution in [0.5, 0.6) is 5.75 Å². The van der Waals surface area contributed by atoms with Gasteiger partial charge in [0, 0.05) is 32.9 Å². The van der Waals surface area contributed by atoms with E-state index >= 15 is 0 Å². The highest BCUT2D eigenvalue weighted by Crippen LogP contribution is 2.28. The van der Waals surface area contributed by atoms with Crippen molar-refractivity contribution in [2.75, 3.05) is 39.8 Å². The molecule has 0 aliphatic heterocycles. The molecule has 1 aromatic rings. The molecule has 106 valence electrons. The lowest BCUT2D eigenvalue weighted by Gasteiger charge is -2.16. The molecule has 1 atom stereocenters. The van der Waals surface area contributed by atoms with Crippen LogP contribution in [-0.4, -0.2) is 45.5 Å². The van der Waals surface area contributed by atoms with Crippen LogP contribution < -0.4 is 10.1 Å². The molecule has 1 N–H and O–H groups in total. The second-order valence-electron chi connectivity index (χ2n) is 3.83. The number of anilines is 1. The Labute approximate surface area is 111 Å². The van der Waals surface area contributed by atoms with Gasteiger partial charge in [-0.2, -0.15) is 0 Å². The van der Waals surface area contributed by atoms with Crippen LogP contribution in [0.1, 0.15) is 0 Å². The lowest BCUT2D eigenvalue weighted by Crippen LogP contribution is -2.26. The van der Waals surface area contributed by atoms with E-state index in [4.69, 9.17) is 14.2 Å². The van der Waals surface area contributed by atoms with E-state index in [2.05, 4.69) is 5.32 Å². The third-order valence-electron chi connectivity index (χ3n) is 2.61. The smallest absolute Gasteiger partial charge is 0.292 e. The fourth-order valence-corrected chi connectivity index (χ4v) is 1.56. The molecule has 0 radical (unpaired) electrons. The summed E-state index contributed by atoms with van der Waals surface area (Å²) in [6.45, 7) is 0.805. The lowest BCUT2D eigenvalue weighted by atomic mass is 10.2. The van der Waals surface area contributed by atoms with Gasteiger partial charge in [0.15, 0.2) is 0 Å². The fraction of sp³-hybridized carbons (Fsp3) is 0.500. The molecule has 19 heavy (non-hydrogen) atoms. The van der Waals surface area contributed by atoms with Gasteiger partial charge in [0.2, 0.25) is 0 Å². The first kappa shape index (κ1) is 15.2. The summed E-state index contributed by atoms with van der Waals surface area (Å²) in [7, 11) is 4.64. The van der Waals surface area contributed by atoms with Crippen molar-refractivity contribution in [2.45, 2.75) is 6.10 Å². The first-order valence-corrected chi connectivity index (χ1v) is 5.70. The van der Waals surface area contributed by atoms with Gasteiger partial charge in [-0.3, -0.25) is 10.1 Å². The summed E-state index contributed by atoms with van der Waals surface area (Å²) < 4.78 is 15.2. The summed E-state index contributed by atoms with van der Waals surface area (Å²) in [4.78, 5) is 10.5. The molecular weight excluding hydrogens is 252 g/mol. The van der Waals surface area contributed by atoms with Gasteiger partial charge in [-0.15, -0.1) is 0 Å². The minimum Gasteiger partial charge on any atom is -0.497 e. The Morgan fingerprint density at radius 1 is 1.37 bits per heavy atom. The fourth-order valence-electron chi connectivity index (χ4n) is 1.56. The zero-order valence-electron chi connectivity index (χ0n) is 11.2. The van der Waals surface area contributed by atoms with Gasteiger partial charge in [-0.1, -0.05) is 0 Å². The van der Waals surface area contributed by atoms with Crippen LogP contribution in [0.4, 0.5) is 11.4 Å². The zero-order valence-corrected chi connectivity index (χ0v) is 11.2. The highest BCUT2D eigenvalue weighted by atomic mass is 16.6. The average molecular weight is 270 g/mol. The Hall–Kier alpha value is -1.86. The number of benzene rings is 1. The number of rotatable bonds is 8. The van der Waals surface area contributed by atoms with Gasteiger partial charge in [0.25, 0.3) is 5.69 Å². The van der Waals surface area contributed by atoms with Crippen molar-refractivity contribution >= 4 is 11.4 Å². The van der Waals surface area contributed by atoms with Crippen LogP contribution in [0.3, 0.4) is 0 Å². The van der Waals surface area contributed by atoms with Gasteiger partial charge < -0.3 is 19.5 Å². The molecule has 0 fully saturated rings. The van der Waals surface area contributed by atoms with E-state index in [9.17, 15) is 10.1 Å². The van der Waals surface area contributed by atoms with Gasteiger partial charge in [0.05, 0.1) is 24.7 Å². The van der Waals surface area contributed by atoms with Crippen LogP contribution in [0.2, 0.25) is 0 Å². The Morgan fingerprint density at radius 2 is 2.11 bits per heavy atom. The number of methoxy groups -OCH3 is 3. The maximum atomic E-state index is 10.9. The minimum atomic E-state index is -0.445. The van der Waals surface area contributed by atoms with Crippen molar-refractivity contribution in [1.29, 1.82) is 0 Å². The van der Waals surface area contributed by atoms with E-state index < -0.39 is 4.92 Å².